The maximum atomic E-state index is 12.0. The van der Waals surface area contributed by atoms with Gasteiger partial charge in [-0.05, 0) is 32.0 Å². The molecule has 0 atom stereocenters. The van der Waals surface area contributed by atoms with Crippen molar-refractivity contribution in [2.45, 2.75) is 13.8 Å². The molecule has 2 rings (SSSR count). The van der Waals surface area contributed by atoms with Crippen molar-refractivity contribution in [3.63, 3.8) is 0 Å². The van der Waals surface area contributed by atoms with E-state index in [1.54, 1.807) is 18.2 Å². The van der Waals surface area contributed by atoms with E-state index < -0.39 is 0 Å². The molecule has 0 aliphatic carbocycles. The van der Waals surface area contributed by atoms with Crippen LogP contribution in [0.2, 0.25) is 0 Å². The van der Waals surface area contributed by atoms with E-state index in [1.807, 2.05) is 13.8 Å². The lowest BCUT2D eigenvalue weighted by Gasteiger charge is -2.05. The fourth-order valence-electron chi connectivity index (χ4n) is 1.43. The Hall–Kier alpha value is -1.40. The number of carbonyl (C=O) groups excluding carboxylic acids is 1. The monoisotopic (exact) mass is 325 g/mol. The Balaban J connectivity index is 2.22. The minimum atomic E-state index is -0.242. The van der Waals surface area contributed by atoms with E-state index in [2.05, 4.69) is 26.2 Å². The van der Waals surface area contributed by atoms with Crippen molar-refractivity contribution < 1.29 is 4.79 Å². The van der Waals surface area contributed by atoms with Gasteiger partial charge in [0.2, 0.25) is 0 Å². The van der Waals surface area contributed by atoms with E-state index in [0.717, 1.165) is 15.0 Å². The molecule has 6 heteroatoms. The van der Waals surface area contributed by atoms with Crippen molar-refractivity contribution in [3.8, 4) is 0 Å². The van der Waals surface area contributed by atoms with Gasteiger partial charge >= 0.3 is 0 Å². The van der Waals surface area contributed by atoms with Gasteiger partial charge in [0.1, 0.15) is 0 Å². The summed E-state index contributed by atoms with van der Waals surface area (Å²) in [7, 11) is 0. The van der Waals surface area contributed by atoms with E-state index in [1.165, 1.54) is 11.3 Å². The number of nitrogens with zero attached hydrogens (tertiary/aromatic N) is 1. The molecule has 4 nitrogen and oxygen atoms in total. The molecule has 94 valence electrons. The molecule has 3 N–H and O–H groups in total. The van der Waals surface area contributed by atoms with Crippen LogP contribution < -0.4 is 11.1 Å². The van der Waals surface area contributed by atoms with E-state index in [4.69, 9.17) is 5.73 Å². The summed E-state index contributed by atoms with van der Waals surface area (Å²) in [4.78, 5) is 17.4. The first-order valence-electron chi connectivity index (χ1n) is 5.28. The third-order valence-electron chi connectivity index (χ3n) is 2.51. The van der Waals surface area contributed by atoms with E-state index in [-0.39, 0.29) is 5.91 Å². The number of carbonyl (C=O) groups is 1. The standard InChI is InChI=1S/C12H12BrN3OS/c1-6-7(2)18-12(15-6)16-11(17)9-4-3-8(13)5-10(9)14/h3-5H,14H2,1-2H3,(H,15,16,17). The molecule has 0 radical (unpaired) electrons. The number of rotatable bonds is 2. The average Bonchev–Trinajstić information content (AvgIpc) is 2.57. The van der Waals surface area contributed by atoms with Crippen LogP contribution in [-0.2, 0) is 0 Å². The molecule has 1 aromatic carbocycles. The number of aryl methyl sites for hydroxylation is 2. The second kappa shape index (κ2) is 5.07. The highest BCUT2D eigenvalue weighted by Gasteiger charge is 2.12. The predicted octanol–water partition coefficient (Wildman–Crippen LogP) is 3.36. The Bertz CT molecular complexity index is 590. The lowest BCUT2D eigenvalue weighted by Crippen LogP contribution is -2.13. The molecule has 0 aliphatic rings. The molecule has 0 saturated heterocycles. The molecule has 0 saturated carbocycles. The summed E-state index contributed by atoms with van der Waals surface area (Å²) in [6, 6.07) is 5.17. The van der Waals surface area contributed by atoms with Crippen molar-refractivity contribution in [2.75, 3.05) is 11.1 Å². The predicted molar refractivity (Wildman–Crippen MR) is 78.1 cm³/mol. The Morgan fingerprint density at radius 1 is 1.44 bits per heavy atom. The second-order valence-electron chi connectivity index (χ2n) is 3.85. The van der Waals surface area contributed by atoms with E-state index >= 15 is 0 Å². The zero-order chi connectivity index (χ0) is 13.3. The SMILES string of the molecule is Cc1nc(NC(=O)c2ccc(Br)cc2N)sc1C. The smallest absolute Gasteiger partial charge is 0.259 e. The van der Waals surface area contributed by atoms with Crippen LogP contribution in [0, 0.1) is 13.8 Å². The molecule has 0 bridgehead atoms. The molecule has 0 unspecified atom stereocenters. The lowest BCUT2D eigenvalue weighted by atomic mass is 10.2. The summed E-state index contributed by atoms with van der Waals surface area (Å²) in [6.45, 7) is 3.88. The summed E-state index contributed by atoms with van der Waals surface area (Å²) in [5.41, 5.74) is 7.62. The molecule has 0 aliphatic heterocycles. The van der Waals surface area contributed by atoms with Crippen molar-refractivity contribution >= 4 is 44.0 Å². The van der Waals surface area contributed by atoms with Crippen LogP contribution in [0.3, 0.4) is 0 Å². The average molecular weight is 326 g/mol. The van der Waals surface area contributed by atoms with Crippen molar-refractivity contribution in [3.05, 3.63) is 38.8 Å². The first kappa shape index (κ1) is 13.0. The van der Waals surface area contributed by atoms with Crippen LogP contribution >= 0.6 is 27.3 Å². The van der Waals surface area contributed by atoms with E-state index in [0.29, 0.717) is 16.4 Å². The largest absolute Gasteiger partial charge is 0.398 e. The van der Waals surface area contributed by atoms with Gasteiger partial charge in [0.25, 0.3) is 5.91 Å². The summed E-state index contributed by atoms with van der Waals surface area (Å²) in [6.07, 6.45) is 0. The maximum absolute atomic E-state index is 12.0. The number of amides is 1. The molecular formula is C12H12BrN3OS. The van der Waals surface area contributed by atoms with Gasteiger partial charge in [0, 0.05) is 15.0 Å². The fraction of sp³-hybridized carbons (Fsp3) is 0.167. The number of halogens is 1. The molecule has 2 aromatic rings. The summed E-state index contributed by atoms with van der Waals surface area (Å²) in [5.74, 6) is -0.242. The lowest BCUT2D eigenvalue weighted by molar-refractivity contribution is 0.102. The first-order chi connectivity index (χ1) is 8.47. The number of anilines is 2. The van der Waals surface area contributed by atoms with Crippen LogP contribution in [0.4, 0.5) is 10.8 Å². The van der Waals surface area contributed by atoms with Crippen molar-refractivity contribution in [2.24, 2.45) is 0 Å². The minimum absolute atomic E-state index is 0.242. The van der Waals surface area contributed by atoms with Crippen molar-refractivity contribution in [1.29, 1.82) is 0 Å². The van der Waals surface area contributed by atoms with Gasteiger partial charge < -0.3 is 5.73 Å². The van der Waals surface area contributed by atoms with E-state index in [9.17, 15) is 4.79 Å². The number of nitrogens with one attached hydrogen (secondary N) is 1. The molecule has 0 spiro atoms. The maximum Gasteiger partial charge on any atom is 0.259 e. The third kappa shape index (κ3) is 2.70. The van der Waals surface area contributed by atoms with Crippen LogP contribution in [0.25, 0.3) is 0 Å². The molecule has 1 heterocycles. The molecule has 1 aromatic heterocycles. The summed E-state index contributed by atoms with van der Waals surface area (Å²) in [5, 5.41) is 3.35. The van der Waals surface area contributed by atoms with Crippen LogP contribution in [0.5, 0.6) is 0 Å². The highest BCUT2D eigenvalue weighted by atomic mass is 79.9. The highest BCUT2D eigenvalue weighted by Crippen LogP contribution is 2.23. The Labute approximate surface area is 117 Å². The number of nitrogens with two attached hydrogens (primary N) is 1. The Morgan fingerprint density at radius 2 is 2.17 bits per heavy atom. The van der Waals surface area contributed by atoms with Gasteiger partial charge in [-0.1, -0.05) is 15.9 Å². The summed E-state index contributed by atoms with van der Waals surface area (Å²) >= 11 is 4.76. The normalized spacial score (nSPS) is 10.4. The molecule has 0 fully saturated rings. The molecule has 1 amide bonds. The second-order valence-corrected chi connectivity index (χ2v) is 5.97. The number of aromatic nitrogens is 1. The zero-order valence-electron chi connectivity index (χ0n) is 9.95. The molecule has 18 heavy (non-hydrogen) atoms. The van der Waals surface area contributed by atoms with Crippen molar-refractivity contribution in [1.82, 2.24) is 4.98 Å². The number of thiazole rings is 1. The third-order valence-corrected chi connectivity index (χ3v) is 3.99. The van der Waals surface area contributed by atoms with Gasteiger partial charge in [-0.25, -0.2) is 4.98 Å². The van der Waals surface area contributed by atoms with Crippen LogP contribution in [0.15, 0.2) is 22.7 Å². The summed E-state index contributed by atoms with van der Waals surface area (Å²) < 4.78 is 0.845. The topological polar surface area (TPSA) is 68.0 Å². The van der Waals surface area contributed by atoms with Crippen LogP contribution in [0.1, 0.15) is 20.9 Å². The number of hydrogen-bond donors (Lipinski definition) is 2. The van der Waals surface area contributed by atoms with Gasteiger partial charge in [0.15, 0.2) is 5.13 Å². The molecular weight excluding hydrogens is 314 g/mol. The van der Waals surface area contributed by atoms with Gasteiger partial charge in [-0.3, -0.25) is 10.1 Å². The highest BCUT2D eigenvalue weighted by molar-refractivity contribution is 9.10. The zero-order valence-corrected chi connectivity index (χ0v) is 12.4. The quantitative estimate of drug-likeness (QED) is 0.832. The number of hydrogen-bond acceptors (Lipinski definition) is 4. The Morgan fingerprint density at radius 3 is 2.72 bits per heavy atom. The first-order valence-corrected chi connectivity index (χ1v) is 6.88. The van der Waals surface area contributed by atoms with Gasteiger partial charge in [-0.15, -0.1) is 11.3 Å². The van der Waals surface area contributed by atoms with Gasteiger partial charge in [0.05, 0.1) is 11.3 Å². The Kier molecular flexibility index (Phi) is 3.68. The van der Waals surface area contributed by atoms with Gasteiger partial charge in [-0.2, -0.15) is 0 Å². The number of benzene rings is 1. The fourth-order valence-corrected chi connectivity index (χ4v) is 2.62. The minimum Gasteiger partial charge on any atom is -0.398 e. The van der Waals surface area contributed by atoms with Crippen LogP contribution in [-0.4, -0.2) is 10.9 Å². The number of nitrogen functional groups attached to an aromatic ring is 1.